The highest BCUT2D eigenvalue weighted by molar-refractivity contribution is 9.10. The van der Waals surface area contributed by atoms with Gasteiger partial charge in [-0.05, 0) is 67.0 Å². The van der Waals surface area contributed by atoms with Crippen molar-refractivity contribution in [3.05, 3.63) is 27.2 Å². The van der Waals surface area contributed by atoms with Crippen LogP contribution >= 0.6 is 39.9 Å². The Morgan fingerprint density at radius 1 is 1.18 bits per heavy atom. The fourth-order valence-corrected chi connectivity index (χ4v) is 3.63. The molecule has 1 aliphatic heterocycles. The minimum absolute atomic E-state index is 0. The largest absolute Gasteiger partial charge is 0.492 e. The molecule has 0 aliphatic carbocycles. The van der Waals surface area contributed by atoms with Gasteiger partial charge in [0.15, 0.2) is 0 Å². The summed E-state index contributed by atoms with van der Waals surface area (Å²) < 4.78 is 6.83. The number of hydrogen-bond acceptors (Lipinski definition) is 3. The predicted octanol–water partition coefficient (Wildman–Crippen LogP) is 4.24. The van der Waals surface area contributed by atoms with Crippen molar-refractivity contribution in [2.24, 2.45) is 0 Å². The van der Waals surface area contributed by atoms with Crippen molar-refractivity contribution in [1.29, 1.82) is 0 Å². The lowest BCUT2D eigenvalue weighted by molar-refractivity contribution is 0.149. The number of halogens is 3. The van der Waals surface area contributed by atoms with Crippen LogP contribution < -0.4 is 4.74 Å². The monoisotopic (exact) mass is 410 g/mol. The Labute approximate surface area is 153 Å². The van der Waals surface area contributed by atoms with Gasteiger partial charge in [0, 0.05) is 31.2 Å². The molecule has 126 valence electrons. The lowest BCUT2D eigenvalue weighted by Gasteiger charge is -2.32. The van der Waals surface area contributed by atoms with Crippen LogP contribution in [0.5, 0.6) is 5.75 Å². The average Bonchev–Trinajstić information content (AvgIpc) is 2.43. The molecule has 6 heteroatoms. The number of unbranched alkanes of at least 4 members (excludes halogenated alkanes) is 1. The molecule has 0 spiro atoms. The van der Waals surface area contributed by atoms with E-state index < -0.39 is 0 Å². The summed E-state index contributed by atoms with van der Waals surface area (Å²) in [5.74, 6) is 0.916. The Bertz CT molecular complexity index is 442. The van der Waals surface area contributed by atoms with E-state index in [1.54, 1.807) is 0 Å². The zero-order chi connectivity index (χ0) is 15.2. The Morgan fingerprint density at radius 2 is 1.86 bits per heavy atom. The van der Waals surface area contributed by atoms with Gasteiger partial charge in [0.05, 0.1) is 11.1 Å². The molecule has 1 saturated heterocycles. The molecule has 1 aliphatic rings. The van der Waals surface area contributed by atoms with Crippen LogP contribution in [0.2, 0.25) is 5.02 Å². The van der Waals surface area contributed by atoms with Crippen molar-refractivity contribution in [1.82, 2.24) is 9.80 Å². The fraction of sp³-hybridized carbons (Fsp3) is 0.625. The molecule has 1 fully saturated rings. The van der Waals surface area contributed by atoms with E-state index in [-0.39, 0.29) is 12.4 Å². The predicted molar refractivity (Wildman–Crippen MR) is 99.8 cm³/mol. The summed E-state index contributed by atoms with van der Waals surface area (Å²) in [5.41, 5.74) is 1.08. The van der Waals surface area contributed by atoms with Gasteiger partial charge in [0.2, 0.25) is 0 Å². The second kappa shape index (κ2) is 9.99. The molecule has 0 atom stereocenters. The summed E-state index contributed by atoms with van der Waals surface area (Å²) in [6, 6.07) is 3.82. The van der Waals surface area contributed by atoms with E-state index in [0.29, 0.717) is 0 Å². The quantitative estimate of drug-likeness (QED) is 0.651. The van der Waals surface area contributed by atoms with Gasteiger partial charge in [-0.15, -0.1) is 12.4 Å². The summed E-state index contributed by atoms with van der Waals surface area (Å²) in [6.45, 7) is 8.72. The second-order valence-electron chi connectivity index (χ2n) is 5.73. The van der Waals surface area contributed by atoms with E-state index in [1.807, 2.05) is 19.1 Å². The van der Waals surface area contributed by atoms with Crippen molar-refractivity contribution in [2.45, 2.75) is 19.8 Å². The standard InChI is InChI=1S/C16H24BrClN2O.ClH/c1-13-11-14(18)12-15(17)16(13)21-10-4-3-5-20-8-6-19(2)7-9-20;/h11-12H,3-10H2,1-2H3;1H. The molecular weight excluding hydrogens is 387 g/mol. The fourth-order valence-electron chi connectivity index (χ4n) is 2.55. The highest BCUT2D eigenvalue weighted by atomic mass is 79.9. The van der Waals surface area contributed by atoms with E-state index in [9.17, 15) is 0 Å². The van der Waals surface area contributed by atoms with Crippen LogP contribution in [0.4, 0.5) is 0 Å². The summed E-state index contributed by atoms with van der Waals surface area (Å²) in [4.78, 5) is 4.93. The van der Waals surface area contributed by atoms with Crippen LogP contribution in [0.15, 0.2) is 16.6 Å². The molecule has 0 unspecified atom stereocenters. The zero-order valence-electron chi connectivity index (χ0n) is 13.3. The first-order valence-electron chi connectivity index (χ1n) is 7.55. The van der Waals surface area contributed by atoms with Gasteiger partial charge in [0.1, 0.15) is 5.75 Å². The van der Waals surface area contributed by atoms with Crippen molar-refractivity contribution in [2.75, 3.05) is 46.4 Å². The third-order valence-electron chi connectivity index (χ3n) is 3.91. The number of rotatable bonds is 6. The molecular formula is C16H25BrCl2N2O. The van der Waals surface area contributed by atoms with Gasteiger partial charge in [-0.1, -0.05) is 11.6 Å². The first kappa shape index (κ1) is 20.0. The van der Waals surface area contributed by atoms with Gasteiger partial charge < -0.3 is 14.5 Å². The molecule has 0 saturated carbocycles. The van der Waals surface area contributed by atoms with Crippen molar-refractivity contribution in [3.8, 4) is 5.75 Å². The number of hydrogen-bond donors (Lipinski definition) is 0. The van der Waals surface area contributed by atoms with Crippen molar-refractivity contribution < 1.29 is 4.74 Å². The maximum Gasteiger partial charge on any atom is 0.136 e. The smallest absolute Gasteiger partial charge is 0.136 e. The number of aryl methyl sites for hydroxylation is 1. The minimum atomic E-state index is 0. The van der Waals surface area contributed by atoms with E-state index >= 15 is 0 Å². The normalized spacial score (nSPS) is 16.4. The maximum atomic E-state index is 6.01. The Hall–Kier alpha value is -0.0000000000000000555. The lowest BCUT2D eigenvalue weighted by Crippen LogP contribution is -2.44. The van der Waals surface area contributed by atoms with Crippen LogP contribution in [-0.2, 0) is 0 Å². The highest BCUT2D eigenvalue weighted by Gasteiger charge is 2.13. The topological polar surface area (TPSA) is 15.7 Å². The van der Waals surface area contributed by atoms with Crippen LogP contribution in [-0.4, -0.2) is 56.2 Å². The van der Waals surface area contributed by atoms with Crippen LogP contribution in [0, 0.1) is 6.92 Å². The first-order valence-corrected chi connectivity index (χ1v) is 8.72. The number of likely N-dealkylation sites (N-methyl/N-ethyl adjacent to an activating group) is 1. The van der Waals surface area contributed by atoms with Crippen molar-refractivity contribution >= 4 is 39.9 Å². The van der Waals surface area contributed by atoms with Crippen LogP contribution in [0.25, 0.3) is 0 Å². The number of piperazine rings is 1. The highest BCUT2D eigenvalue weighted by Crippen LogP contribution is 2.32. The second-order valence-corrected chi connectivity index (χ2v) is 7.02. The number of nitrogens with zero attached hydrogens (tertiary/aromatic N) is 2. The summed E-state index contributed by atoms with van der Waals surface area (Å²) in [7, 11) is 2.19. The molecule has 0 aromatic heterocycles. The van der Waals surface area contributed by atoms with Gasteiger partial charge in [-0.25, -0.2) is 0 Å². The SMILES string of the molecule is Cc1cc(Cl)cc(Br)c1OCCCCN1CCN(C)CC1.Cl. The Morgan fingerprint density at radius 3 is 2.50 bits per heavy atom. The summed E-state index contributed by atoms with van der Waals surface area (Å²) in [6.07, 6.45) is 2.27. The molecule has 0 amide bonds. The maximum absolute atomic E-state index is 6.01. The molecule has 3 nitrogen and oxygen atoms in total. The van der Waals surface area contributed by atoms with Gasteiger partial charge in [-0.3, -0.25) is 0 Å². The molecule has 0 bridgehead atoms. The number of benzene rings is 1. The Kier molecular flexibility index (Phi) is 9.10. The number of ether oxygens (including phenoxy) is 1. The van der Waals surface area contributed by atoms with E-state index in [0.717, 1.165) is 33.8 Å². The lowest BCUT2D eigenvalue weighted by atomic mass is 10.2. The van der Waals surface area contributed by atoms with Gasteiger partial charge in [0.25, 0.3) is 0 Å². The van der Waals surface area contributed by atoms with E-state index in [4.69, 9.17) is 16.3 Å². The molecule has 0 N–H and O–H groups in total. The summed E-state index contributed by atoms with van der Waals surface area (Å²) in [5, 5.41) is 0.738. The molecule has 1 heterocycles. The van der Waals surface area contributed by atoms with Crippen LogP contribution in [0.1, 0.15) is 18.4 Å². The third kappa shape index (κ3) is 6.25. The summed E-state index contributed by atoms with van der Waals surface area (Å²) >= 11 is 9.52. The van der Waals surface area contributed by atoms with E-state index in [1.165, 1.54) is 39.1 Å². The van der Waals surface area contributed by atoms with Gasteiger partial charge >= 0.3 is 0 Å². The molecule has 1 aromatic carbocycles. The molecule has 1 aromatic rings. The zero-order valence-corrected chi connectivity index (χ0v) is 16.4. The van der Waals surface area contributed by atoms with E-state index in [2.05, 4.69) is 32.8 Å². The first-order chi connectivity index (χ1) is 10.1. The van der Waals surface area contributed by atoms with Gasteiger partial charge in [-0.2, -0.15) is 0 Å². The Balaban J connectivity index is 0.00000242. The average molecular weight is 412 g/mol. The van der Waals surface area contributed by atoms with Crippen LogP contribution in [0.3, 0.4) is 0 Å². The molecule has 0 radical (unpaired) electrons. The molecule has 2 rings (SSSR count). The third-order valence-corrected chi connectivity index (χ3v) is 4.71. The molecule has 22 heavy (non-hydrogen) atoms. The van der Waals surface area contributed by atoms with Crippen molar-refractivity contribution in [3.63, 3.8) is 0 Å². The minimum Gasteiger partial charge on any atom is -0.492 e.